The van der Waals surface area contributed by atoms with Crippen LogP contribution in [-0.2, 0) is 16.0 Å². The molecule has 0 spiro atoms. The highest BCUT2D eigenvalue weighted by Gasteiger charge is 2.26. The fourth-order valence-corrected chi connectivity index (χ4v) is 4.46. The van der Waals surface area contributed by atoms with E-state index < -0.39 is 12.1 Å². The second kappa shape index (κ2) is 12.5. The van der Waals surface area contributed by atoms with Crippen LogP contribution in [0, 0.1) is 0 Å². The minimum atomic E-state index is -0.734. The van der Waals surface area contributed by atoms with Gasteiger partial charge in [0, 0.05) is 17.5 Å². The Hall–Kier alpha value is -4.76. The van der Waals surface area contributed by atoms with E-state index in [0.717, 1.165) is 33.5 Å². The van der Waals surface area contributed by atoms with Crippen molar-refractivity contribution in [3.8, 4) is 0 Å². The predicted molar refractivity (Wildman–Crippen MR) is 153 cm³/mol. The molecule has 0 radical (unpaired) electrons. The summed E-state index contributed by atoms with van der Waals surface area (Å²) in [5.74, 6) is -0.365. The van der Waals surface area contributed by atoms with Crippen LogP contribution in [0.3, 0.4) is 0 Å². The van der Waals surface area contributed by atoms with Crippen LogP contribution in [0.5, 0.6) is 0 Å². The smallest absolute Gasteiger partial charge is 0.332 e. The summed E-state index contributed by atoms with van der Waals surface area (Å²) in [6.45, 7) is 0. The van der Waals surface area contributed by atoms with E-state index in [9.17, 15) is 4.79 Å². The lowest BCUT2D eigenvalue weighted by Crippen LogP contribution is -2.28. The number of nitrogens with zero attached hydrogens (tertiary/aromatic N) is 1. The Morgan fingerprint density at radius 2 is 0.947 bits per heavy atom. The molecule has 0 aliphatic carbocycles. The molecule has 0 saturated carbocycles. The molecule has 0 fully saturated rings. The van der Waals surface area contributed by atoms with Crippen LogP contribution in [0.25, 0.3) is 0 Å². The zero-order valence-corrected chi connectivity index (χ0v) is 21.1. The molecule has 0 unspecified atom stereocenters. The third kappa shape index (κ3) is 6.32. The molecule has 0 heterocycles. The fraction of sp³-hybridized carbons (Fsp3) is 0.0857. The Bertz CT molecular complexity index is 1370. The van der Waals surface area contributed by atoms with E-state index in [-0.39, 0.29) is 5.97 Å². The number of carbonyl (C=O) groups excluding carboxylic acids is 1. The number of ether oxygens (including phenoxy) is 1. The SMILES string of the molecule is O=C(OC(c1ccccc1)c1ccccc1)[C@@H](Cc1ccccc1)N=C(c1ccccc1)c1ccccc1. The van der Waals surface area contributed by atoms with Gasteiger partial charge in [0.05, 0.1) is 5.71 Å². The molecule has 186 valence electrons. The standard InChI is InChI=1S/C35H29NO2/c37-35(38-34(30-22-12-4-13-23-30)31-24-14-5-15-25-31)32(26-27-16-6-1-7-17-27)36-33(28-18-8-2-9-19-28)29-20-10-3-11-21-29/h1-25,32,34H,26H2/t32-/m1/s1. The number of rotatable bonds is 9. The summed E-state index contributed by atoms with van der Waals surface area (Å²) < 4.78 is 6.28. The number of benzene rings is 5. The Balaban J connectivity index is 1.56. The van der Waals surface area contributed by atoms with Crippen molar-refractivity contribution in [1.29, 1.82) is 0 Å². The maximum absolute atomic E-state index is 14.0. The average molecular weight is 496 g/mol. The fourth-order valence-electron chi connectivity index (χ4n) is 4.46. The van der Waals surface area contributed by atoms with Crippen LogP contribution in [0.1, 0.15) is 33.9 Å². The summed E-state index contributed by atoms with van der Waals surface area (Å²) in [6, 6.07) is 48.9. The summed E-state index contributed by atoms with van der Waals surface area (Å²) in [6.07, 6.45) is -0.102. The molecule has 5 aromatic rings. The summed E-state index contributed by atoms with van der Waals surface area (Å²) in [4.78, 5) is 19.1. The predicted octanol–water partition coefficient (Wildman–Crippen LogP) is 7.47. The van der Waals surface area contributed by atoms with Crippen LogP contribution in [0.4, 0.5) is 0 Å². The highest BCUT2D eigenvalue weighted by Crippen LogP contribution is 2.27. The quantitative estimate of drug-likeness (QED) is 0.157. The first-order valence-corrected chi connectivity index (χ1v) is 12.8. The van der Waals surface area contributed by atoms with Gasteiger partial charge in [-0.3, -0.25) is 4.99 Å². The van der Waals surface area contributed by atoms with E-state index in [1.54, 1.807) is 0 Å². The minimum Gasteiger partial charge on any atom is -0.451 e. The molecule has 5 aromatic carbocycles. The van der Waals surface area contributed by atoms with Crippen LogP contribution in [0.15, 0.2) is 157 Å². The first-order chi connectivity index (χ1) is 18.8. The zero-order chi connectivity index (χ0) is 26.0. The van der Waals surface area contributed by atoms with E-state index in [4.69, 9.17) is 9.73 Å². The Labute approximate surface area is 224 Å². The number of hydrogen-bond acceptors (Lipinski definition) is 3. The van der Waals surface area contributed by atoms with E-state index >= 15 is 0 Å². The van der Waals surface area contributed by atoms with Gasteiger partial charge in [-0.1, -0.05) is 152 Å². The van der Waals surface area contributed by atoms with Crippen LogP contribution in [0.2, 0.25) is 0 Å². The van der Waals surface area contributed by atoms with Crippen LogP contribution in [-0.4, -0.2) is 17.7 Å². The Morgan fingerprint density at radius 1 is 0.553 bits per heavy atom. The van der Waals surface area contributed by atoms with Crippen molar-refractivity contribution < 1.29 is 9.53 Å². The van der Waals surface area contributed by atoms with Crippen LogP contribution < -0.4 is 0 Å². The van der Waals surface area contributed by atoms with Crippen molar-refractivity contribution in [3.05, 3.63) is 179 Å². The number of hydrogen-bond donors (Lipinski definition) is 0. The molecule has 0 amide bonds. The van der Waals surface area contributed by atoms with Gasteiger partial charge >= 0.3 is 5.97 Å². The molecular formula is C35H29NO2. The summed E-state index contributed by atoms with van der Waals surface area (Å²) in [5.41, 5.74) is 5.52. The molecule has 5 rings (SSSR count). The van der Waals surface area contributed by atoms with Gasteiger partial charge in [-0.15, -0.1) is 0 Å². The maximum Gasteiger partial charge on any atom is 0.332 e. The lowest BCUT2D eigenvalue weighted by Gasteiger charge is -2.22. The third-order valence-electron chi connectivity index (χ3n) is 6.36. The van der Waals surface area contributed by atoms with Crippen molar-refractivity contribution in [2.24, 2.45) is 4.99 Å². The van der Waals surface area contributed by atoms with E-state index in [2.05, 4.69) is 0 Å². The molecule has 0 bridgehead atoms. The monoisotopic (exact) mass is 495 g/mol. The summed E-state index contributed by atoms with van der Waals surface area (Å²) >= 11 is 0. The number of esters is 1. The molecule has 3 heteroatoms. The number of carbonyl (C=O) groups is 1. The minimum absolute atomic E-state index is 0.365. The molecule has 0 saturated heterocycles. The molecular weight excluding hydrogens is 466 g/mol. The molecule has 3 nitrogen and oxygen atoms in total. The van der Waals surface area contributed by atoms with E-state index in [1.165, 1.54) is 0 Å². The second-order valence-corrected chi connectivity index (χ2v) is 9.05. The first-order valence-electron chi connectivity index (χ1n) is 12.8. The van der Waals surface area contributed by atoms with Gasteiger partial charge in [-0.25, -0.2) is 4.79 Å². The normalized spacial score (nSPS) is 11.5. The van der Waals surface area contributed by atoms with Gasteiger partial charge in [0.15, 0.2) is 12.1 Å². The van der Waals surface area contributed by atoms with Gasteiger partial charge in [0.25, 0.3) is 0 Å². The molecule has 0 N–H and O–H groups in total. The second-order valence-electron chi connectivity index (χ2n) is 9.05. The highest BCUT2D eigenvalue weighted by atomic mass is 16.5. The summed E-state index contributed by atoms with van der Waals surface area (Å²) in [7, 11) is 0. The molecule has 0 aliphatic heterocycles. The zero-order valence-electron chi connectivity index (χ0n) is 21.1. The van der Waals surface area contributed by atoms with Crippen molar-refractivity contribution in [2.75, 3.05) is 0 Å². The highest BCUT2D eigenvalue weighted by molar-refractivity contribution is 6.13. The molecule has 38 heavy (non-hydrogen) atoms. The molecule has 0 aromatic heterocycles. The molecule has 0 aliphatic rings. The van der Waals surface area contributed by atoms with Crippen molar-refractivity contribution >= 4 is 11.7 Å². The van der Waals surface area contributed by atoms with Crippen molar-refractivity contribution in [2.45, 2.75) is 18.6 Å². The topological polar surface area (TPSA) is 38.7 Å². The lowest BCUT2D eigenvalue weighted by atomic mass is 10.00. The van der Waals surface area contributed by atoms with Crippen molar-refractivity contribution in [3.63, 3.8) is 0 Å². The maximum atomic E-state index is 14.0. The Morgan fingerprint density at radius 3 is 1.39 bits per heavy atom. The van der Waals surface area contributed by atoms with Gasteiger partial charge in [0.2, 0.25) is 0 Å². The number of aliphatic imine (C=N–C) groups is 1. The first kappa shape index (κ1) is 24.9. The lowest BCUT2D eigenvalue weighted by molar-refractivity contribution is -0.149. The van der Waals surface area contributed by atoms with E-state index in [1.807, 2.05) is 152 Å². The van der Waals surface area contributed by atoms with Gasteiger partial charge < -0.3 is 4.74 Å². The largest absolute Gasteiger partial charge is 0.451 e. The molecule has 1 atom stereocenters. The Kier molecular flexibility index (Phi) is 8.17. The van der Waals surface area contributed by atoms with Gasteiger partial charge in [0.1, 0.15) is 0 Å². The summed E-state index contributed by atoms with van der Waals surface area (Å²) in [5, 5.41) is 0. The van der Waals surface area contributed by atoms with E-state index in [0.29, 0.717) is 6.42 Å². The average Bonchev–Trinajstić information content (AvgIpc) is 3.00. The van der Waals surface area contributed by atoms with Gasteiger partial charge in [-0.2, -0.15) is 0 Å². The van der Waals surface area contributed by atoms with Gasteiger partial charge in [-0.05, 0) is 16.7 Å². The third-order valence-corrected chi connectivity index (χ3v) is 6.36. The van der Waals surface area contributed by atoms with Crippen molar-refractivity contribution in [1.82, 2.24) is 0 Å². The van der Waals surface area contributed by atoms with Crippen LogP contribution >= 0.6 is 0 Å².